The largest absolute Gasteiger partial charge is 0.480 e. The first-order chi connectivity index (χ1) is 18.3. The van der Waals surface area contributed by atoms with Crippen LogP contribution in [0.15, 0.2) is 66.7 Å². The Morgan fingerprint density at radius 2 is 1.41 bits per heavy atom. The van der Waals surface area contributed by atoms with Gasteiger partial charge in [0.1, 0.15) is 6.04 Å². The molecule has 39 heavy (non-hydrogen) atoms. The average molecular weight is 543 g/mol. The highest BCUT2D eigenvalue weighted by Gasteiger charge is 2.40. The van der Waals surface area contributed by atoms with Gasteiger partial charge in [-0.05, 0) is 47.7 Å². The zero-order chi connectivity index (χ0) is 28.9. The fourth-order valence-electron chi connectivity index (χ4n) is 4.25. The van der Waals surface area contributed by atoms with Crippen molar-refractivity contribution in [3.8, 4) is 11.1 Å². The Balaban J connectivity index is 0.000000272. The van der Waals surface area contributed by atoms with Gasteiger partial charge in [-0.25, -0.2) is 14.4 Å². The first-order valence-electron chi connectivity index (χ1n) is 11.7. The van der Waals surface area contributed by atoms with Crippen molar-refractivity contribution in [2.75, 3.05) is 6.54 Å². The van der Waals surface area contributed by atoms with Crippen molar-refractivity contribution >= 4 is 23.8 Å². The first-order valence-corrected chi connectivity index (χ1v) is 11.7. The maximum Gasteiger partial charge on any atom is 0.417 e. The van der Waals surface area contributed by atoms with Gasteiger partial charge in [0, 0.05) is 6.54 Å². The van der Waals surface area contributed by atoms with E-state index in [4.69, 9.17) is 15.3 Å². The summed E-state index contributed by atoms with van der Waals surface area (Å²) in [6.07, 6.45) is -4.81. The van der Waals surface area contributed by atoms with Gasteiger partial charge >= 0.3 is 24.1 Å². The summed E-state index contributed by atoms with van der Waals surface area (Å²) in [5.74, 6) is -3.97. The highest BCUT2D eigenvalue weighted by molar-refractivity contribution is 5.96. The van der Waals surface area contributed by atoms with Crippen LogP contribution in [0, 0.1) is 6.92 Å². The van der Waals surface area contributed by atoms with Crippen LogP contribution in [0.5, 0.6) is 0 Å². The number of likely N-dealkylation sites (tertiary alicyclic amines) is 1. The van der Waals surface area contributed by atoms with E-state index in [9.17, 15) is 32.3 Å². The van der Waals surface area contributed by atoms with Gasteiger partial charge in [0.15, 0.2) is 0 Å². The molecule has 1 unspecified atom stereocenters. The standard InChI is InChI=1S/C19H16F3NO3.C9H8O4/c20-19(21,22)17-13(11-16(24)23-10-9-15(23)18(25)26)7-4-8-14(17)12-5-2-1-3-6-12;1-5-6(8(10)11)3-2-4-7(5)9(12)13/h1-8,15H,9-11H2,(H,25,26);2-4H,1H3,(H,10,11)(H,12,13). The number of carboxylic acids is 3. The number of nitrogens with zero attached hydrogens (tertiary/aromatic N) is 1. The molecule has 1 heterocycles. The number of carbonyl (C=O) groups is 4. The minimum atomic E-state index is -4.64. The molecule has 11 heteroatoms. The molecule has 3 aromatic rings. The molecule has 0 aliphatic carbocycles. The van der Waals surface area contributed by atoms with E-state index in [-0.39, 0.29) is 34.4 Å². The third-order valence-corrected chi connectivity index (χ3v) is 6.28. The smallest absolute Gasteiger partial charge is 0.417 e. The highest BCUT2D eigenvalue weighted by Crippen LogP contribution is 2.40. The average Bonchev–Trinajstić information content (AvgIpc) is 2.83. The molecule has 1 atom stereocenters. The van der Waals surface area contributed by atoms with Crippen molar-refractivity contribution in [3.05, 3.63) is 94.5 Å². The molecule has 3 N–H and O–H groups in total. The van der Waals surface area contributed by atoms with Crippen molar-refractivity contribution in [1.29, 1.82) is 0 Å². The van der Waals surface area contributed by atoms with Gasteiger partial charge < -0.3 is 20.2 Å². The van der Waals surface area contributed by atoms with Gasteiger partial charge in [0.25, 0.3) is 0 Å². The molecule has 1 saturated heterocycles. The molecule has 0 aromatic heterocycles. The van der Waals surface area contributed by atoms with Crippen molar-refractivity contribution in [1.82, 2.24) is 4.90 Å². The minimum absolute atomic E-state index is 0.00166. The summed E-state index contributed by atoms with van der Waals surface area (Å²) in [6.45, 7) is 1.72. The fraction of sp³-hybridized carbons (Fsp3) is 0.214. The summed E-state index contributed by atoms with van der Waals surface area (Å²) >= 11 is 0. The number of hydrogen-bond donors (Lipinski definition) is 3. The summed E-state index contributed by atoms with van der Waals surface area (Å²) in [5.41, 5.74) is -0.266. The third kappa shape index (κ3) is 6.61. The van der Waals surface area contributed by atoms with Crippen LogP contribution >= 0.6 is 0 Å². The number of benzene rings is 3. The number of aromatic carboxylic acids is 2. The molecule has 204 valence electrons. The number of aliphatic carboxylic acids is 1. The number of carbonyl (C=O) groups excluding carboxylic acids is 1. The van der Waals surface area contributed by atoms with Gasteiger partial charge in [0.05, 0.1) is 23.1 Å². The van der Waals surface area contributed by atoms with Crippen molar-refractivity contribution < 1.29 is 47.7 Å². The van der Waals surface area contributed by atoms with Crippen LogP contribution in [-0.4, -0.2) is 56.6 Å². The first kappa shape index (κ1) is 28.9. The zero-order valence-corrected chi connectivity index (χ0v) is 20.6. The normalized spacial score (nSPS) is 14.5. The molecular formula is C28H24F3NO7. The van der Waals surface area contributed by atoms with Crippen LogP contribution in [-0.2, 0) is 22.2 Å². The molecular weight excluding hydrogens is 519 g/mol. The molecule has 1 aliphatic rings. The van der Waals surface area contributed by atoms with Crippen molar-refractivity contribution in [3.63, 3.8) is 0 Å². The van der Waals surface area contributed by atoms with Crippen LogP contribution in [0.3, 0.4) is 0 Å². The van der Waals surface area contributed by atoms with Crippen LogP contribution in [0.1, 0.15) is 43.8 Å². The van der Waals surface area contributed by atoms with Gasteiger partial charge in [0.2, 0.25) is 5.91 Å². The second-order valence-corrected chi connectivity index (χ2v) is 8.70. The Morgan fingerprint density at radius 1 is 0.846 bits per heavy atom. The third-order valence-electron chi connectivity index (χ3n) is 6.28. The number of amides is 1. The summed E-state index contributed by atoms with van der Waals surface area (Å²) in [4.78, 5) is 45.7. The molecule has 0 radical (unpaired) electrons. The van der Waals surface area contributed by atoms with Crippen LogP contribution in [0.25, 0.3) is 11.1 Å². The molecule has 4 rings (SSSR count). The number of hydrogen-bond acceptors (Lipinski definition) is 4. The van der Waals surface area contributed by atoms with Gasteiger partial charge in [-0.3, -0.25) is 4.79 Å². The van der Waals surface area contributed by atoms with Crippen LogP contribution < -0.4 is 0 Å². The van der Waals surface area contributed by atoms with Crippen molar-refractivity contribution in [2.45, 2.75) is 32.0 Å². The quantitative estimate of drug-likeness (QED) is 0.399. The van der Waals surface area contributed by atoms with Gasteiger partial charge in [-0.2, -0.15) is 13.2 Å². The molecule has 0 saturated carbocycles. The van der Waals surface area contributed by atoms with Gasteiger partial charge in [-0.1, -0.05) is 54.6 Å². The van der Waals surface area contributed by atoms with Crippen molar-refractivity contribution in [2.24, 2.45) is 0 Å². The minimum Gasteiger partial charge on any atom is -0.480 e. The Kier molecular flexibility index (Phi) is 8.74. The molecule has 1 amide bonds. The molecule has 0 bridgehead atoms. The predicted octanol–water partition coefficient (Wildman–Crippen LogP) is 4.99. The summed E-state index contributed by atoms with van der Waals surface area (Å²) in [5, 5.41) is 26.4. The van der Waals surface area contributed by atoms with Crippen LogP contribution in [0.4, 0.5) is 13.2 Å². The predicted molar refractivity (Wildman–Crippen MR) is 133 cm³/mol. The number of carboxylic acid groups (broad SMARTS) is 3. The summed E-state index contributed by atoms with van der Waals surface area (Å²) < 4.78 is 41.2. The van der Waals surface area contributed by atoms with E-state index >= 15 is 0 Å². The maximum absolute atomic E-state index is 13.7. The van der Waals surface area contributed by atoms with E-state index in [1.54, 1.807) is 30.3 Å². The lowest BCUT2D eigenvalue weighted by atomic mass is 9.92. The second kappa shape index (κ2) is 11.8. The lowest BCUT2D eigenvalue weighted by molar-refractivity contribution is -0.157. The maximum atomic E-state index is 13.7. The molecule has 3 aromatic carbocycles. The van der Waals surface area contributed by atoms with Crippen LogP contribution in [0.2, 0.25) is 0 Å². The Hall–Kier alpha value is -4.67. The van der Waals surface area contributed by atoms with E-state index < -0.39 is 48.0 Å². The Bertz CT molecular complexity index is 1370. The molecule has 1 aliphatic heterocycles. The fourth-order valence-corrected chi connectivity index (χ4v) is 4.25. The van der Waals surface area contributed by atoms with E-state index in [1.165, 1.54) is 43.3 Å². The lowest BCUT2D eigenvalue weighted by Crippen LogP contribution is -2.55. The second-order valence-electron chi connectivity index (χ2n) is 8.70. The summed E-state index contributed by atoms with van der Waals surface area (Å²) in [7, 11) is 0. The monoisotopic (exact) mass is 543 g/mol. The SMILES string of the molecule is Cc1c(C(=O)O)cccc1C(=O)O.O=C(O)C1CCN1C(=O)Cc1cccc(-c2ccccc2)c1C(F)(F)F. The topological polar surface area (TPSA) is 132 Å². The number of rotatable bonds is 6. The Morgan fingerprint density at radius 3 is 1.87 bits per heavy atom. The Labute approximate surface area is 220 Å². The van der Waals surface area contributed by atoms with E-state index in [0.717, 1.165) is 4.90 Å². The zero-order valence-electron chi connectivity index (χ0n) is 20.6. The molecule has 1 fully saturated rings. The lowest BCUT2D eigenvalue weighted by Gasteiger charge is -2.38. The summed E-state index contributed by atoms with van der Waals surface area (Å²) in [6, 6.07) is 15.5. The number of halogens is 3. The van der Waals surface area contributed by atoms with E-state index in [2.05, 4.69) is 0 Å². The molecule has 0 spiro atoms. The number of alkyl halides is 3. The molecule has 8 nitrogen and oxygen atoms in total. The van der Waals surface area contributed by atoms with E-state index in [1.807, 2.05) is 0 Å². The highest BCUT2D eigenvalue weighted by atomic mass is 19.4. The van der Waals surface area contributed by atoms with E-state index in [0.29, 0.717) is 12.0 Å². The van der Waals surface area contributed by atoms with Gasteiger partial charge in [-0.15, -0.1) is 0 Å².